The van der Waals surface area contributed by atoms with Gasteiger partial charge < -0.3 is 0 Å². The second-order valence-corrected chi connectivity index (χ2v) is 9.23. The zero-order valence-corrected chi connectivity index (χ0v) is 19.3. The Morgan fingerprint density at radius 3 is 1.75 bits per heavy atom. The number of rotatable bonds is 3. The van der Waals surface area contributed by atoms with Crippen LogP contribution in [0.25, 0.3) is 54.9 Å². The van der Waals surface area contributed by atoms with Crippen molar-refractivity contribution < 1.29 is 0 Å². The molecule has 0 bridgehead atoms. The van der Waals surface area contributed by atoms with Crippen LogP contribution in [0, 0.1) is 13.8 Å². The average molecular weight is 413 g/mol. The summed E-state index contributed by atoms with van der Waals surface area (Å²) in [6, 6.07) is 27.5. The topological polar surface area (TPSA) is 0 Å². The van der Waals surface area contributed by atoms with Crippen LogP contribution in [0.1, 0.15) is 36.1 Å². The Hall–Kier alpha value is -3.38. The number of fused-ring (bicyclic) bond motifs is 4. The molecule has 1 aliphatic rings. The molecule has 0 fully saturated rings. The molecule has 5 aromatic carbocycles. The van der Waals surface area contributed by atoms with Gasteiger partial charge in [0.15, 0.2) is 0 Å². The molecule has 1 aliphatic carbocycles. The van der Waals surface area contributed by atoms with Crippen molar-refractivity contribution in [3.05, 3.63) is 95.1 Å². The SMILES string of the molecule is CCc1c2c(c(CC)c3c(-c4cc(C)cc(C)c4)cccc13)-c1cccc3cccc-2c13. The van der Waals surface area contributed by atoms with E-state index in [1.807, 2.05) is 0 Å². The maximum absolute atomic E-state index is 2.35. The fourth-order valence-electron chi connectivity index (χ4n) is 6.13. The highest BCUT2D eigenvalue weighted by atomic mass is 14.3. The summed E-state index contributed by atoms with van der Waals surface area (Å²) in [5.74, 6) is 0. The predicted molar refractivity (Wildman–Crippen MR) is 140 cm³/mol. The second-order valence-electron chi connectivity index (χ2n) is 9.23. The molecule has 0 aromatic heterocycles. The summed E-state index contributed by atoms with van der Waals surface area (Å²) in [7, 11) is 0. The van der Waals surface area contributed by atoms with E-state index < -0.39 is 0 Å². The van der Waals surface area contributed by atoms with Crippen molar-refractivity contribution >= 4 is 21.5 Å². The summed E-state index contributed by atoms with van der Waals surface area (Å²) in [6.45, 7) is 9.04. The normalized spacial score (nSPS) is 12.0. The smallest absolute Gasteiger partial charge is 0.00262 e. The maximum atomic E-state index is 2.35. The standard InChI is InChI=1S/C32H28/c1-5-23-26-13-9-12-25(22-17-19(3)16-20(4)18-22)30(26)24(6-2)32-28-15-8-11-21-10-7-14-27(29(21)28)31(23)32/h7-18H,5-6H2,1-4H3. The van der Waals surface area contributed by atoms with Gasteiger partial charge in [0.1, 0.15) is 0 Å². The van der Waals surface area contributed by atoms with Gasteiger partial charge in [-0.15, -0.1) is 0 Å². The molecule has 0 atom stereocenters. The highest BCUT2D eigenvalue weighted by Crippen LogP contribution is 2.54. The van der Waals surface area contributed by atoms with Gasteiger partial charge in [-0.1, -0.05) is 97.8 Å². The molecule has 0 nitrogen and oxygen atoms in total. The molecule has 0 heterocycles. The van der Waals surface area contributed by atoms with Crippen molar-refractivity contribution in [2.24, 2.45) is 0 Å². The van der Waals surface area contributed by atoms with Crippen LogP contribution in [0.4, 0.5) is 0 Å². The van der Waals surface area contributed by atoms with Gasteiger partial charge in [-0.05, 0) is 92.7 Å². The lowest BCUT2D eigenvalue weighted by Gasteiger charge is -2.21. The van der Waals surface area contributed by atoms with E-state index in [0.717, 1.165) is 12.8 Å². The van der Waals surface area contributed by atoms with Crippen LogP contribution in [-0.4, -0.2) is 0 Å². The van der Waals surface area contributed by atoms with Gasteiger partial charge >= 0.3 is 0 Å². The van der Waals surface area contributed by atoms with Crippen molar-refractivity contribution in [2.45, 2.75) is 40.5 Å². The van der Waals surface area contributed by atoms with Gasteiger partial charge in [0.2, 0.25) is 0 Å². The minimum Gasteiger partial charge on any atom is -0.0612 e. The zero-order chi connectivity index (χ0) is 22.0. The van der Waals surface area contributed by atoms with Crippen molar-refractivity contribution in [1.82, 2.24) is 0 Å². The van der Waals surface area contributed by atoms with E-state index in [0.29, 0.717) is 0 Å². The summed E-state index contributed by atoms with van der Waals surface area (Å²) in [5, 5.41) is 5.64. The van der Waals surface area contributed by atoms with Gasteiger partial charge in [-0.2, -0.15) is 0 Å². The Morgan fingerprint density at radius 1 is 0.562 bits per heavy atom. The summed E-state index contributed by atoms with van der Waals surface area (Å²) in [4.78, 5) is 0. The van der Waals surface area contributed by atoms with E-state index in [1.165, 1.54) is 77.2 Å². The van der Waals surface area contributed by atoms with Crippen LogP contribution in [0.15, 0.2) is 72.8 Å². The summed E-state index contributed by atoms with van der Waals surface area (Å²) >= 11 is 0. The van der Waals surface area contributed by atoms with Crippen LogP contribution >= 0.6 is 0 Å². The van der Waals surface area contributed by atoms with Crippen molar-refractivity contribution in [3.63, 3.8) is 0 Å². The largest absolute Gasteiger partial charge is 0.0612 e. The lowest BCUT2D eigenvalue weighted by atomic mass is 9.82. The highest BCUT2D eigenvalue weighted by molar-refractivity contribution is 6.21. The van der Waals surface area contributed by atoms with Gasteiger partial charge in [0, 0.05) is 0 Å². The Balaban J connectivity index is 1.83. The van der Waals surface area contributed by atoms with Crippen molar-refractivity contribution in [3.8, 4) is 33.4 Å². The Morgan fingerprint density at radius 2 is 1.12 bits per heavy atom. The maximum Gasteiger partial charge on any atom is -0.00262 e. The summed E-state index contributed by atoms with van der Waals surface area (Å²) in [5.41, 5.74) is 14.1. The molecule has 0 radical (unpaired) electrons. The number of aryl methyl sites for hydroxylation is 4. The van der Waals surface area contributed by atoms with E-state index in [4.69, 9.17) is 0 Å². The van der Waals surface area contributed by atoms with Gasteiger partial charge in [0.25, 0.3) is 0 Å². The summed E-state index contributed by atoms with van der Waals surface area (Å²) in [6.07, 6.45) is 2.05. The van der Waals surface area contributed by atoms with Gasteiger partial charge in [-0.3, -0.25) is 0 Å². The molecule has 0 heteroatoms. The van der Waals surface area contributed by atoms with Crippen LogP contribution in [0.2, 0.25) is 0 Å². The first kappa shape index (κ1) is 19.3. The lowest BCUT2D eigenvalue weighted by Crippen LogP contribution is -1.99. The molecule has 5 aromatic rings. The molecule has 0 spiro atoms. The van der Waals surface area contributed by atoms with Crippen LogP contribution in [0.5, 0.6) is 0 Å². The molecular formula is C32H28. The molecule has 0 unspecified atom stereocenters. The van der Waals surface area contributed by atoms with E-state index >= 15 is 0 Å². The molecule has 0 saturated carbocycles. The minimum absolute atomic E-state index is 1.02. The first-order valence-electron chi connectivity index (χ1n) is 11.8. The van der Waals surface area contributed by atoms with E-state index in [1.54, 1.807) is 0 Å². The number of benzene rings is 5. The number of hydrogen-bond acceptors (Lipinski definition) is 0. The van der Waals surface area contributed by atoms with Gasteiger partial charge in [-0.25, -0.2) is 0 Å². The minimum atomic E-state index is 1.02. The van der Waals surface area contributed by atoms with Crippen molar-refractivity contribution in [1.29, 1.82) is 0 Å². The molecule has 0 amide bonds. The molecule has 0 aliphatic heterocycles. The Kier molecular flexibility index (Phi) is 4.27. The lowest BCUT2D eigenvalue weighted by molar-refractivity contribution is 1.14. The third-order valence-corrected chi connectivity index (χ3v) is 7.23. The second kappa shape index (κ2) is 7.07. The molecular weight excluding hydrogens is 384 g/mol. The molecule has 156 valence electrons. The fourth-order valence-corrected chi connectivity index (χ4v) is 6.13. The summed E-state index contributed by atoms with van der Waals surface area (Å²) < 4.78 is 0. The van der Waals surface area contributed by atoms with E-state index in [2.05, 4.69) is 100 Å². The molecule has 0 saturated heterocycles. The zero-order valence-electron chi connectivity index (χ0n) is 19.3. The first-order valence-corrected chi connectivity index (χ1v) is 11.8. The van der Waals surface area contributed by atoms with Crippen LogP contribution in [0.3, 0.4) is 0 Å². The molecule has 0 N–H and O–H groups in total. The highest BCUT2D eigenvalue weighted by Gasteiger charge is 2.28. The quantitative estimate of drug-likeness (QED) is 0.272. The van der Waals surface area contributed by atoms with E-state index in [-0.39, 0.29) is 0 Å². The van der Waals surface area contributed by atoms with Crippen LogP contribution < -0.4 is 0 Å². The average Bonchev–Trinajstić information content (AvgIpc) is 3.13. The fraction of sp³-hybridized carbons (Fsp3) is 0.188. The van der Waals surface area contributed by atoms with Crippen molar-refractivity contribution in [2.75, 3.05) is 0 Å². The molecule has 32 heavy (non-hydrogen) atoms. The first-order chi connectivity index (χ1) is 15.6. The monoisotopic (exact) mass is 412 g/mol. The third kappa shape index (κ3) is 2.56. The third-order valence-electron chi connectivity index (χ3n) is 7.23. The van der Waals surface area contributed by atoms with Gasteiger partial charge in [0.05, 0.1) is 0 Å². The molecule has 6 rings (SSSR count). The van der Waals surface area contributed by atoms with Crippen LogP contribution in [-0.2, 0) is 12.8 Å². The Labute approximate surface area is 190 Å². The predicted octanol–water partition coefficient (Wildman–Crippen LogP) is 9.05. The Bertz CT molecular complexity index is 1520. The van der Waals surface area contributed by atoms with E-state index in [9.17, 15) is 0 Å². The number of hydrogen-bond donors (Lipinski definition) is 0.